The zero-order valence-corrected chi connectivity index (χ0v) is 8.40. The molecule has 1 unspecified atom stereocenters. The second-order valence-electron chi connectivity index (χ2n) is 3.78. The maximum absolute atomic E-state index is 8.58. The van der Waals surface area contributed by atoms with Crippen molar-refractivity contribution in [1.82, 2.24) is 0 Å². The van der Waals surface area contributed by atoms with E-state index in [-0.39, 0.29) is 0 Å². The minimum atomic E-state index is 0.542. The van der Waals surface area contributed by atoms with Crippen LogP contribution in [0.4, 0.5) is 5.69 Å². The summed E-state index contributed by atoms with van der Waals surface area (Å²) in [5.74, 6) is 0. The van der Waals surface area contributed by atoms with Crippen molar-refractivity contribution in [3.63, 3.8) is 0 Å². The molecule has 1 aromatic rings. The monoisotopic (exact) mass is 186 g/mol. The van der Waals surface area contributed by atoms with Gasteiger partial charge in [0.1, 0.15) is 0 Å². The van der Waals surface area contributed by atoms with Crippen molar-refractivity contribution in [3.05, 3.63) is 29.8 Å². The Bertz CT molecular complexity index is 365. The predicted molar refractivity (Wildman–Crippen MR) is 57.2 cm³/mol. The summed E-state index contributed by atoms with van der Waals surface area (Å²) in [6.07, 6.45) is 1.72. The summed E-state index contributed by atoms with van der Waals surface area (Å²) >= 11 is 0. The molecule has 14 heavy (non-hydrogen) atoms. The SMILES string of the molecule is CC1Cc2ccccc2N1CCC#N. The summed E-state index contributed by atoms with van der Waals surface area (Å²) < 4.78 is 0. The van der Waals surface area contributed by atoms with Crippen LogP contribution in [-0.2, 0) is 6.42 Å². The molecule has 0 aromatic heterocycles. The van der Waals surface area contributed by atoms with Crippen molar-refractivity contribution in [2.24, 2.45) is 0 Å². The molecule has 0 saturated heterocycles. The van der Waals surface area contributed by atoms with Crippen LogP contribution in [0.1, 0.15) is 18.9 Å². The van der Waals surface area contributed by atoms with Crippen LogP contribution in [0.3, 0.4) is 0 Å². The van der Waals surface area contributed by atoms with Gasteiger partial charge in [0.25, 0.3) is 0 Å². The van der Waals surface area contributed by atoms with Crippen LogP contribution < -0.4 is 4.90 Å². The average Bonchev–Trinajstić information content (AvgIpc) is 2.51. The van der Waals surface area contributed by atoms with Gasteiger partial charge in [-0.15, -0.1) is 0 Å². The van der Waals surface area contributed by atoms with Crippen LogP contribution in [0.2, 0.25) is 0 Å². The highest BCUT2D eigenvalue weighted by Gasteiger charge is 2.24. The van der Waals surface area contributed by atoms with E-state index >= 15 is 0 Å². The molecule has 2 nitrogen and oxygen atoms in total. The van der Waals surface area contributed by atoms with Gasteiger partial charge in [0.15, 0.2) is 0 Å². The summed E-state index contributed by atoms with van der Waals surface area (Å²) in [6.45, 7) is 3.08. The molecule has 2 rings (SSSR count). The molecule has 0 radical (unpaired) electrons. The first kappa shape index (κ1) is 9.08. The second kappa shape index (κ2) is 3.71. The Labute approximate surface area is 84.8 Å². The lowest BCUT2D eigenvalue weighted by Crippen LogP contribution is -2.29. The Morgan fingerprint density at radius 1 is 1.50 bits per heavy atom. The number of hydrogen-bond donors (Lipinski definition) is 0. The molecule has 0 aliphatic carbocycles. The number of nitrogens with zero attached hydrogens (tertiary/aromatic N) is 2. The molecule has 0 N–H and O–H groups in total. The third kappa shape index (κ3) is 1.46. The lowest BCUT2D eigenvalue weighted by atomic mass is 10.1. The molecule has 0 saturated carbocycles. The number of benzene rings is 1. The normalized spacial score (nSPS) is 19.1. The fourth-order valence-corrected chi connectivity index (χ4v) is 2.14. The summed E-state index contributed by atoms with van der Waals surface area (Å²) in [7, 11) is 0. The van der Waals surface area contributed by atoms with Crippen molar-refractivity contribution >= 4 is 5.69 Å². The van der Waals surface area contributed by atoms with E-state index in [0.29, 0.717) is 12.5 Å². The van der Waals surface area contributed by atoms with Gasteiger partial charge in [0.2, 0.25) is 0 Å². The number of para-hydroxylation sites is 1. The third-order valence-electron chi connectivity index (χ3n) is 2.81. The van der Waals surface area contributed by atoms with E-state index in [4.69, 9.17) is 5.26 Å². The summed E-state index contributed by atoms with van der Waals surface area (Å²) in [4.78, 5) is 2.33. The zero-order chi connectivity index (χ0) is 9.97. The van der Waals surface area contributed by atoms with Crippen LogP contribution in [0.15, 0.2) is 24.3 Å². The minimum Gasteiger partial charge on any atom is -0.367 e. The van der Waals surface area contributed by atoms with Gasteiger partial charge in [-0.2, -0.15) is 5.26 Å². The van der Waals surface area contributed by atoms with Gasteiger partial charge >= 0.3 is 0 Å². The van der Waals surface area contributed by atoms with Crippen molar-refractivity contribution < 1.29 is 0 Å². The van der Waals surface area contributed by atoms with Crippen molar-refractivity contribution in [2.75, 3.05) is 11.4 Å². The van der Waals surface area contributed by atoms with Gasteiger partial charge in [0.05, 0.1) is 12.5 Å². The Kier molecular flexibility index (Phi) is 2.41. The number of rotatable bonds is 2. The van der Waals surface area contributed by atoms with Crippen LogP contribution in [0.5, 0.6) is 0 Å². The zero-order valence-electron chi connectivity index (χ0n) is 8.40. The van der Waals surface area contributed by atoms with Gasteiger partial charge in [-0.1, -0.05) is 18.2 Å². The molecule has 1 aromatic carbocycles. The highest BCUT2D eigenvalue weighted by atomic mass is 15.2. The fraction of sp³-hybridized carbons (Fsp3) is 0.417. The van der Waals surface area contributed by atoms with E-state index in [0.717, 1.165) is 13.0 Å². The van der Waals surface area contributed by atoms with Gasteiger partial charge in [-0.25, -0.2) is 0 Å². The molecule has 1 atom stereocenters. The third-order valence-corrected chi connectivity index (χ3v) is 2.81. The molecular formula is C12H14N2. The predicted octanol–water partition coefficient (Wildman–Crippen LogP) is 2.35. The molecule has 1 aliphatic rings. The molecule has 0 bridgehead atoms. The van der Waals surface area contributed by atoms with Gasteiger partial charge < -0.3 is 4.90 Å². The first-order chi connectivity index (χ1) is 6.83. The number of hydrogen-bond acceptors (Lipinski definition) is 2. The molecule has 0 fully saturated rings. The number of nitriles is 1. The van der Waals surface area contributed by atoms with Gasteiger partial charge in [-0.3, -0.25) is 0 Å². The molecule has 2 heteroatoms. The number of fused-ring (bicyclic) bond motifs is 1. The second-order valence-corrected chi connectivity index (χ2v) is 3.78. The van der Waals surface area contributed by atoms with Gasteiger partial charge in [-0.05, 0) is 25.0 Å². The van der Waals surface area contributed by atoms with Crippen molar-refractivity contribution in [2.45, 2.75) is 25.8 Å². The first-order valence-electron chi connectivity index (χ1n) is 5.04. The average molecular weight is 186 g/mol. The highest BCUT2D eigenvalue weighted by Crippen LogP contribution is 2.31. The largest absolute Gasteiger partial charge is 0.367 e. The topological polar surface area (TPSA) is 27.0 Å². The molecule has 0 amide bonds. The molecule has 0 spiro atoms. The van der Waals surface area contributed by atoms with Crippen molar-refractivity contribution in [1.29, 1.82) is 5.26 Å². The molecule has 1 aliphatic heterocycles. The lowest BCUT2D eigenvalue weighted by Gasteiger charge is -2.23. The molecule has 72 valence electrons. The van der Waals surface area contributed by atoms with E-state index in [9.17, 15) is 0 Å². The highest BCUT2D eigenvalue weighted by molar-refractivity contribution is 5.59. The van der Waals surface area contributed by atoms with Gasteiger partial charge in [0, 0.05) is 18.3 Å². The minimum absolute atomic E-state index is 0.542. The molecule has 1 heterocycles. The Morgan fingerprint density at radius 2 is 2.29 bits per heavy atom. The van der Waals surface area contributed by atoms with Crippen molar-refractivity contribution in [3.8, 4) is 6.07 Å². The Morgan fingerprint density at radius 3 is 3.07 bits per heavy atom. The Hall–Kier alpha value is -1.49. The van der Waals surface area contributed by atoms with E-state index in [1.807, 2.05) is 0 Å². The molecular weight excluding hydrogens is 172 g/mol. The lowest BCUT2D eigenvalue weighted by molar-refractivity contribution is 0.676. The summed E-state index contributed by atoms with van der Waals surface area (Å²) in [5, 5.41) is 8.58. The smallest absolute Gasteiger partial charge is 0.0640 e. The van der Waals surface area contributed by atoms with Crippen LogP contribution in [-0.4, -0.2) is 12.6 Å². The Balaban J connectivity index is 2.22. The maximum Gasteiger partial charge on any atom is 0.0640 e. The van der Waals surface area contributed by atoms with E-state index in [2.05, 4.69) is 42.2 Å². The quantitative estimate of drug-likeness (QED) is 0.709. The maximum atomic E-state index is 8.58. The summed E-state index contributed by atoms with van der Waals surface area (Å²) in [6, 6.07) is 11.2. The van der Waals surface area contributed by atoms with Crippen LogP contribution in [0.25, 0.3) is 0 Å². The van der Waals surface area contributed by atoms with Crippen LogP contribution >= 0.6 is 0 Å². The van der Waals surface area contributed by atoms with E-state index < -0.39 is 0 Å². The standard InChI is InChI=1S/C12H14N2/c1-10-9-11-5-2-3-6-12(11)14(10)8-4-7-13/h2-3,5-6,10H,4,8-9H2,1H3. The van der Waals surface area contributed by atoms with E-state index in [1.54, 1.807) is 0 Å². The van der Waals surface area contributed by atoms with Crippen LogP contribution in [0, 0.1) is 11.3 Å². The fourth-order valence-electron chi connectivity index (χ4n) is 2.14. The van der Waals surface area contributed by atoms with E-state index in [1.165, 1.54) is 11.3 Å². The first-order valence-corrected chi connectivity index (χ1v) is 5.04. The number of anilines is 1. The summed E-state index contributed by atoms with van der Waals surface area (Å²) in [5.41, 5.74) is 2.73.